The Labute approximate surface area is 110 Å². The van der Waals surface area contributed by atoms with E-state index >= 15 is 0 Å². The van der Waals surface area contributed by atoms with Gasteiger partial charge >= 0.3 is 0 Å². The zero-order valence-electron chi connectivity index (χ0n) is 12.0. The lowest BCUT2D eigenvalue weighted by atomic mass is 9.90. The second kappa shape index (κ2) is 6.21. The summed E-state index contributed by atoms with van der Waals surface area (Å²) in [5.41, 5.74) is 9.21. The van der Waals surface area contributed by atoms with E-state index in [-0.39, 0.29) is 12.0 Å². The highest BCUT2D eigenvalue weighted by Crippen LogP contribution is 2.33. The van der Waals surface area contributed by atoms with E-state index in [2.05, 4.69) is 26.0 Å². The number of hydrogen-bond donors (Lipinski definition) is 2. The number of benzene rings is 1. The molecule has 0 radical (unpaired) electrons. The first-order chi connectivity index (χ1) is 8.36. The number of nitrogens with two attached hydrogens (primary N) is 1. The molecule has 18 heavy (non-hydrogen) atoms. The third-order valence-electron chi connectivity index (χ3n) is 3.38. The fourth-order valence-corrected chi connectivity index (χ4v) is 2.34. The smallest absolute Gasteiger partial charge is 0.125 e. The highest BCUT2D eigenvalue weighted by Gasteiger charge is 2.19. The van der Waals surface area contributed by atoms with Crippen LogP contribution in [-0.2, 0) is 0 Å². The van der Waals surface area contributed by atoms with Crippen LogP contribution >= 0.6 is 0 Å². The molecule has 102 valence electrons. The lowest BCUT2D eigenvalue weighted by Gasteiger charge is -2.22. The van der Waals surface area contributed by atoms with Crippen molar-refractivity contribution >= 4 is 0 Å². The summed E-state index contributed by atoms with van der Waals surface area (Å²) in [5.74, 6) is 1.14. The Balaban J connectivity index is 3.01. The van der Waals surface area contributed by atoms with Gasteiger partial charge < -0.3 is 15.6 Å². The maximum absolute atomic E-state index is 9.89. The van der Waals surface area contributed by atoms with Gasteiger partial charge in [-0.1, -0.05) is 24.6 Å². The number of aryl methyl sites for hydroxylation is 2. The van der Waals surface area contributed by atoms with E-state index in [1.807, 2.05) is 13.8 Å². The SMILES string of the molecule is COc1c(C)cc(C)cc1C(C)CC(O)C(C)N. The van der Waals surface area contributed by atoms with Crippen molar-refractivity contribution in [1.29, 1.82) is 0 Å². The summed E-state index contributed by atoms with van der Waals surface area (Å²) in [6.45, 7) is 8.05. The quantitative estimate of drug-likeness (QED) is 0.845. The van der Waals surface area contributed by atoms with Crippen molar-refractivity contribution < 1.29 is 9.84 Å². The van der Waals surface area contributed by atoms with E-state index in [9.17, 15) is 5.11 Å². The van der Waals surface area contributed by atoms with Crippen LogP contribution in [0.5, 0.6) is 5.75 Å². The molecule has 1 aromatic rings. The zero-order chi connectivity index (χ0) is 13.9. The molecule has 0 fully saturated rings. The third kappa shape index (κ3) is 3.47. The molecule has 1 rings (SSSR count). The van der Waals surface area contributed by atoms with Gasteiger partial charge in [-0.25, -0.2) is 0 Å². The van der Waals surface area contributed by atoms with Gasteiger partial charge in [0.1, 0.15) is 5.75 Å². The first kappa shape index (κ1) is 15.0. The molecule has 0 aliphatic carbocycles. The molecule has 0 spiro atoms. The topological polar surface area (TPSA) is 55.5 Å². The van der Waals surface area contributed by atoms with Crippen molar-refractivity contribution in [3.63, 3.8) is 0 Å². The minimum Gasteiger partial charge on any atom is -0.496 e. The Morgan fingerprint density at radius 1 is 1.28 bits per heavy atom. The molecule has 0 amide bonds. The standard InChI is InChI=1S/C15H25NO2/c1-9-6-11(3)15(18-5)13(7-9)10(2)8-14(17)12(4)16/h6-7,10,12,14,17H,8,16H2,1-5H3. The van der Waals surface area contributed by atoms with Crippen molar-refractivity contribution in [3.8, 4) is 5.75 Å². The van der Waals surface area contributed by atoms with Crippen LogP contribution in [-0.4, -0.2) is 24.4 Å². The van der Waals surface area contributed by atoms with E-state index < -0.39 is 6.10 Å². The molecule has 3 nitrogen and oxygen atoms in total. The molecule has 0 bridgehead atoms. The van der Waals surface area contributed by atoms with Crippen molar-refractivity contribution in [2.45, 2.75) is 52.2 Å². The van der Waals surface area contributed by atoms with Crippen LogP contribution in [0.3, 0.4) is 0 Å². The minimum atomic E-state index is -0.481. The van der Waals surface area contributed by atoms with Crippen molar-refractivity contribution in [2.75, 3.05) is 7.11 Å². The molecule has 1 aromatic carbocycles. The lowest BCUT2D eigenvalue weighted by Crippen LogP contribution is -2.32. The Bertz CT molecular complexity index is 402. The molecule has 3 unspecified atom stereocenters. The summed E-state index contributed by atoms with van der Waals surface area (Å²) < 4.78 is 5.48. The fraction of sp³-hybridized carbons (Fsp3) is 0.600. The number of aliphatic hydroxyl groups excluding tert-OH is 1. The first-order valence-corrected chi connectivity index (χ1v) is 6.45. The van der Waals surface area contributed by atoms with E-state index in [0.717, 1.165) is 16.9 Å². The molecular weight excluding hydrogens is 226 g/mol. The van der Waals surface area contributed by atoms with Gasteiger partial charge in [0.2, 0.25) is 0 Å². The summed E-state index contributed by atoms with van der Waals surface area (Å²) in [7, 11) is 1.69. The van der Waals surface area contributed by atoms with Gasteiger partial charge in [0.25, 0.3) is 0 Å². The molecule has 0 aliphatic heterocycles. The van der Waals surface area contributed by atoms with Gasteiger partial charge in [0.05, 0.1) is 13.2 Å². The van der Waals surface area contributed by atoms with Gasteiger partial charge in [0, 0.05) is 6.04 Å². The number of methoxy groups -OCH3 is 1. The molecule has 3 heteroatoms. The maximum Gasteiger partial charge on any atom is 0.125 e. The van der Waals surface area contributed by atoms with Crippen LogP contribution < -0.4 is 10.5 Å². The van der Waals surface area contributed by atoms with Gasteiger partial charge in [0.15, 0.2) is 0 Å². The minimum absolute atomic E-state index is 0.204. The molecular formula is C15H25NO2. The van der Waals surface area contributed by atoms with E-state index in [1.54, 1.807) is 7.11 Å². The molecule has 0 aromatic heterocycles. The molecule has 0 saturated carbocycles. The zero-order valence-corrected chi connectivity index (χ0v) is 12.0. The van der Waals surface area contributed by atoms with Gasteiger partial charge in [-0.3, -0.25) is 0 Å². The van der Waals surface area contributed by atoms with Crippen molar-refractivity contribution in [2.24, 2.45) is 5.73 Å². The first-order valence-electron chi connectivity index (χ1n) is 6.45. The fourth-order valence-electron chi connectivity index (χ4n) is 2.34. The average molecular weight is 251 g/mol. The summed E-state index contributed by atoms with van der Waals surface area (Å²) in [5, 5.41) is 9.89. The van der Waals surface area contributed by atoms with E-state index in [0.29, 0.717) is 6.42 Å². The summed E-state index contributed by atoms with van der Waals surface area (Å²) in [4.78, 5) is 0. The van der Waals surface area contributed by atoms with Gasteiger partial charge in [-0.05, 0) is 44.2 Å². The number of rotatable bonds is 5. The predicted octanol–water partition coefficient (Wildman–Crippen LogP) is 2.51. The monoisotopic (exact) mass is 251 g/mol. The highest BCUT2D eigenvalue weighted by molar-refractivity contribution is 5.45. The lowest BCUT2D eigenvalue weighted by molar-refractivity contribution is 0.134. The van der Waals surface area contributed by atoms with Gasteiger partial charge in [-0.2, -0.15) is 0 Å². The summed E-state index contributed by atoms with van der Waals surface area (Å²) >= 11 is 0. The van der Waals surface area contributed by atoms with E-state index in [4.69, 9.17) is 10.5 Å². The van der Waals surface area contributed by atoms with Crippen LogP contribution in [0.25, 0.3) is 0 Å². The number of ether oxygens (including phenoxy) is 1. The maximum atomic E-state index is 9.89. The van der Waals surface area contributed by atoms with Gasteiger partial charge in [-0.15, -0.1) is 0 Å². The average Bonchev–Trinajstić information content (AvgIpc) is 2.27. The second-order valence-corrected chi connectivity index (χ2v) is 5.27. The Kier molecular flexibility index (Phi) is 5.17. The summed E-state index contributed by atoms with van der Waals surface area (Å²) in [6.07, 6.45) is 0.169. The van der Waals surface area contributed by atoms with Crippen LogP contribution in [0.2, 0.25) is 0 Å². The number of hydrogen-bond acceptors (Lipinski definition) is 3. The highest BCUT2D eigenvalue weighted by atomic mass is 16.5. The van der Waals surface area contributed by atoms with E-state index in [1.165, 1.54) is 5.56 Å². The third-order valence-corrected chi connectivity index (χ3v) is 3.38. The van der Waals surface area contributed by atoms with Crippen molar-refractivity contribution in [1.82, 2.24) is 0 Å². The molecule has 0 aliphatic rings. The largest absolute Gasteiger partial charge is 0.496 e. The van der Waals surface area contributed by atoms with Crippen LogP contribution in [0.15, 0.2) is 12.1 Å². The van der Waals surface area contributed by atoms with Crippen LogP contribution in [0.4, 0.5) is 0 Å². The normalized spacial score (nSPS) is 16.2. The molecule has 0 heterocycles. The van der Waals surface area contributed by atoms with Crippen LogP contribution in [0.1, 0.15) is 42.9 Å². The van der Waals surface area contributed by atoms with Crippen molar-refractivity contribution in [3.05, 3.63) is 28.8 Å². The van der Waals surface area contributed by atoms with Crippen LogP contribution in [0, 0.1) is 13.8 Å². The summed E-state index contributed by atoms with van der Waals surface area (Å²) in [6, 6.07) is 4.03. The Morgan fingerprint density at radius 2 is 1.89 bits per heavy atom. The number of aliphatic hydroxyl groups is 1. The molecule has 0 saturated heterocycles. The molecule has 3 atom stereocenters. The Morgan fingerprint density at radius 3 is 2.39 bits per heavy atom. The second-order valence-electron chi connectivity index (χ2n) is 5.27. The Hall–Kier alpha value is -1.06. The predicted molar refractivity (Wildman–Crippen MR) is 75.2 cm³/mol. The molecule has 3 N–H and O–H groups in total.